The topological polar surface area (TPSA) is 55.6 Å². The molecule has 0 saturated heterocycles. The van der Waals surface area contributed by atoms with Crippen LogP contribution in [0.25, 0.3) is 0 Å². The molecule has 1 N–H and O–H groups in total. The standard InChI is InChI=1S/C12H17N5/c1-9-5-4-6-11(15-9)7-13-10(2)12-16-14-8-17(12)3/h4-6,8,10,13H,7H2,1-3H3. The van der Waals surface area contributed by atoms with Gasteiger partial charge in [-0.15, -0.1) is 10.2 Å². The van der Waals surface area contributed by atoms with Gasteiger partial charge < -0.3 is 9.88 Å². The van der Waals surface area contributed by atoms with E-state index in [0.29, 0.717) is 0 Å². The Morgan fingerprint density at radius 3 is 2.88 bits per heavy atom. The highest BCUT2D eigenvalue weighted by molar-refractivity contribution is 5.10. The summed E-state index contributed by atoms with van der Waals surface area (Å²) in [5.41, 5.74) is 2.08. The minimum Gasteiger partial charge on any atom is -0.319 e. The summed E-state index contributed by atoms with van der Waals surface area (Å²) in [7, 11) is 1.94. The van der Waals surface area contributed by atoms with E-state index in [1.54, 1.807) is 6.33 Å². The highest BCUT2D eigenvalue weighted by atomic mass is 15.3. The van der Waals surface area contributed by atoms with Gasteiger partial charge in [-0.2, -0.15) is 0 Å². The van der Waals surface area contributed by atoms with Gasteiger partial charge in [0.25, 0.3) is 0 Å². The van der Waals surface area contributed by atoms with Crippen LogP contribution in [0.4, 0.5) is 0 Å². The SMILES string of the molecule is Cc1cccc(CNC(C)c2nncn2C)n1. The van der Waals surface area contributed by atoms with E-state index in [0.717, 1.165) is 23.8 Å². The highest BCUT2D eigenvalue weighted by Gasteiger charge is 2.10. The third-order valence-electron chi connectivity index (χ3n) is 2.67. The van der Waals surface area contributed by atoms with Crippen molar-refractivity contribution in [2.75, 3.05) is 0 Å². The average molecular weight is 231 g/mol. The number of hydrogen-bond donors (Lipinski definition) is 1. The molecule has 0 bridgehead atoms. The van der Waals surface area contributed by atoms with E-state index in [9.17, 15) is 0 Å². The predicted octanol–water partition coefficient (Wildman–Crippen LogP) is 1.37. The summed E-state index contributed by atoms with van der Waals surface area (Å²) in [5.74, 6) is 0.928. The smallest absolute Gasteiger partial charge is 0.149 e. The van der Waals surface area contributed by atoms with Crippen LogP contribution in [0.3, 0.4) is 0 Å². The Morgan fingerprint density at radius 2 is 2.24 bits per heavy atom. The molecular formula is C12H17N5. The van der Waals surface area contributed by atoms with Crippen LogP contribution in [-0.2, 0) is 13.6 Å². The molecule has 2 heterocycles. The molecule has 0 saturated carbocycles. The molecule has 1 unspecified atom stereocenters. The van der Waals surface area contributed by atoms with Gasteiger partial charge in [0.1, 0.15) is 12.2 Å². The van der Waals surface area contributed by atoms with Gasteiger partial charge in [0, 0.05) is 19.3 Å². The summed E-state index contributed by atoms with van der Waals surface area (Å²) >= 11 is 0. The van der Waals surface area contributed by atoms with Crippen LogP contribution in [0.1, 0.15) is 30.2 Å². The van der Waals surface area contributed by atoms with E-state index in [2.05, 4.69) is 27.4 Å². The van der Waals surface area contributed by atoms with E-state index in [1.807, 2.05) is 36.7 Å². The Balaban J connectivity index is 1.97. The number of aryl methyl sites for hydroxylation is 2. The lowest BCUT2D eigenvalue weighted by molar-refractivity contribution is 0.523. The molecule has 0 radical (unpaired) electrons. The summed E-state index contributed by atoms with van der Waals surface area (Å²) < 4.78 is 1.92. The average Bonchev–Trinajstić information content (AvgIpc) is 2.72. The molecule has 2 aromatic heterocycles. The van der Waals surface area contributed by atoms with Crippen molar-refractivity contribution in [1.82, 2.24) is 25.1 Å². The van der Waals surface area contributed by atoms with Crippen molar-refractivity contribution in [3.05, 3.63) is 41.7 Å². The molecule has 0 aliphatic carbocycles. The summed E-state index contributed by atoms with van der Waals surface area (Å²) in [6.07, 6.45) is 1.71. The minimum absolute atomic E-state index is 0.157. The zero-order chi connectivity index (χ0) is 12.3. The molecule has 2 aromatic rings. The fraction of sp³-hybridized carbons (Fsp3) is 0.417. The van der Waals surface area contributed by atoms with Gasteiger partial charge in [-0.3, -0.25) is 4.98 Å². The van der Waals surface area contributed by atoms with E-state index in [-0.39, 0.29) is 6.04 Å². The second kappa shape index (κ2) is 5.05. The fourth-order valence-electron chi connectivity index (χ4n) is 1.73. The number of pyridine rings is 1. The second-order valence-corrected chi connectivity index (χ2v) is 4.17. The highest BCUT2D eigenvalue weighted by Crippen LogP contribution is 2.08. The molecular weight excluding hydrogens is 214 g/mol. The molecule has 0 aliphatic heterocycles. The monoisotopic (exact) mass is 231 g/mol. The molecule has 0 fully saturated rings. The molecule has 2 rings (SSSR count). The van der Waals surface area contributed by atoms with Crippen LogP contribution in [-0.4, -0.2) is 19.7 Å². The van der Waals surface area contributed by atoms with Crippen LogP contribution in [0.2, 0.25) is 0 Å². The Morgan fingerprint density at radius 1 is 1.41 bits per heavy atom. The summed E-state index contributed by atoms with van der Waals surface area (Å²) in [6.45, 7) is 4.80. The van der Waals surface area contributed by atoms with Crippen LogP contribution in [0.5, 0.6) is 0 Å². The van der Waals surface area contributed by atoms with Crippen molar-refractivity contribution in [2.24, 2.45) is 7.05 Å². The normalized spacial score (nSPS) is 12.6. The van der Waals surface area contributed by atoms with E-state index in [4.69, 9.17) is 0 Å². The second-order valence-electron chi connectivity index (χ2n) is 4.17. The lowest BCUT2D eigenvalue weighted by atomic mass is 10.2. The summed E-state index contributed by atoms with van der Waals surface area (Å²) in [4.78, 5) is 4.44. The van der Waals surface area contributed by atoms with Gasteiger partial charge in [-0.25, -0.2) is 0 Å². The zero-order valence-corrected chi connectivity index (χ0v) is 10.4. The fourth-order valence-corrected chi connectivity index (χ4v) is 1.73. The van der Waals surface area contributed by atoms with Gasteiger partial charge in [-0.1, -0.05) is 6.07 Å². The number of rotatable bonds is 4. The Labute approximate surface area is 101 Å². The van der Waals surface area contributed by atoms with Crippen molar-refractivity contribution in [2.45, 2.75) is 26.4 Å². The lowest BCUT2D eigenvalue weighted by Gasteiger charge is -2.12. The summed E-state index contributed by atoms with van der Waals surface area (Å²) in [5, 5.41) is 11.3. The van der Waals surface area contributed by atoms with Crippen molar-refractivity contribution in [1.29, 1.82) is 0 Å². The van der Waals surface area contributed by atoms with Gasteiger partial charge in [0.2, 0.25) is 0 Å². The van der Waals surface area contributed by atoms with E-state index < -0.39 is 0 Å². The first kappa shape index (κ1) is 11.7. The van der Waals surface area contributed by atoms with Crippen LogP contribution in [0, 0.1) is 6.92 Å². The first-order valence-electron chi connectivity index (χ1n) is 5.66. The summed E-state index contributed by atoms with van der Waals surface area (Å²) in [6, 6.07) is 6.19. The van der Waals surface area contributed by atoms with Crippen molar-refractivity contribution >= 4 is 0 Å². The number of hydrogen-bond acceptors (Lipinski definition) is 4. The maximum atomic E-state index is 4.44. The third-order valence-corrected chi connectivity index (χ3v) is 2.67. The molecule has 17 heavy (non-hydrogen) atoms. The van der Waals surface area contributed by atoms with Gasteiger partial charge >= 0.3 is 0 Å². The predicted molar refractivity (Wildman–Crippen MR) is 65.2 cm³/mol. The van der Waals surface area contributed by atoms with Crippen molar-refractivity contribution in [3.63, 3.8) is 0 Å². The molecule has 0 aromatic carbocycles. The first-order chi connectivity index (χ1) is 8.16. The maximum absolute atomic E-state index is 4.44. The molecule has 1 atom stereocenters. The van der Waals surface area contributed by atoms with E-state index in [1.165, 1.54) is 0 Å². The van der Waals surface area contributed by atoms with Crippen LogP contribution < -0.4 is 5.32 Å². The maximum Gasteiger partial charge on any atom is 0.149 e. The molecule has 5 heteroatoms. The van der Waals surface area contributed by atoms with Gasteiger partial charge in [-0.05, 0) is 26.0 Å². The molecule has 5 nitrogen and oxygen atoms in total. The zero-order valence-electron chi connectivity index (χ0n) is 10.4. The molecule has 0 aliphatic rings. The number of aromatic nitrogens is 4. The quantitative estimate of drug-likeness (QED) is 0.863. The first-order valence-corrected chi connectivity index (χ1v) is 5.66. The van der Waals surface area contributed by atoms with Crippen molar-refractivity contribution in [3.8, 4) is 0 Å². The van der Waals surface area contributed by atoms with Crippen molar-refractivity contribution < 1.29 is 0 Å². The van der Waals surface area contributed by atoms with Crippen LogP contribution >= 0.6 is 0 Å². The number of nitrogens with zero attached hydrogens (tertiary/aromatic N) is 4. The molecule has 0 spiro atoms. The molecule has 0 amide bonds. The molecule has 90 valence electrons. The lowest BCUT2D eigenvalue weighted by Crippen LogP contribution is -2.21. The van der Waals surface area contributed by atoms with Crippen LogP contribution in [0.15, 0.2) is 24.5 Å². The van der Waals surface area contributed by atoms with Gasteiger partial charge in [0.05, 0.1) is 11.7 Å². The minimum atomic E-state index is 0.157. The third kappa shape index (κ3) is 2.88. The Hall–Kier alpha value is -1.75. The largest absolute Gasteiger partial charge is 0.319 e. The Bertz CT molecular complexity index is 491. The number of nitrogens with one attached hydrogen (secondary N) is 1. The Kier molecular flexibility index (Phi) is 3.49. The van der Waals surface area contributed by atoms with E-state index >= 15 is 0 Å². The van der Waals surface area contributed by atoms with Gasteiger partial charge in [0.15, 0.2) is 0 Å².